The Bertz CT molecular complexity index is 371. The van der Waals surface area contributed by atoms with Gasteiger partial charge in [0, 0.05) is 6.92 Å². The molecule has 0 bridgehead atoms. The van der Waals surface area contributed by atoms with Crippen molar-refractivity contribution in [3.8, 4) is 0 Å². The van der Waals surface area contributed by atoms with Crippen LogP contribution in [0.2, 0.25) is 13.1 Å². The molecule has 1 atom stereocenters. The van der Waals surface area contributed by atoms with Gasteiger partial charge in [-0.25, -0.2) is 0 Å². The third kappa shape index (κ3) is 2.82. The van der Waals surface area contributed by atoms with E-state index >= 15 is 0 Å². The van der Waals surface area contributed by atoms with Crippen LogP contribution in [0.5, 0.6) is 0 Å². The lowest BCUT2D eigenvalue weighted by atomic mass is 10.4. The molecule has 0 aliphatic heterocycles. The standard InChI is InChI=1S/C13H18O2Si/c1-5-13(15-11(2)14)16(3,4)12-9-7-6-8-10-12/h5-10,13H,1H2,2-4H3. The summed E-state index contributed by atoms with van der Waals surface area (Å²) in [4.78, 5) is 11.0. The van der Waals surface area contributed by atoms with Gasteiger partial charge in [0.25, 0.3) is 0 Å². The van der Waals surface area contributed by atoms with Gasteiger partial charge in [0.05, 0.1) is 0 Å². The fourth-order valence-electron chi connectivity index (χ4n) is 1.70. The van der Waals surface area contributed by atoms with Gasteiger partial charge in [0.15, 0.2) is 0 Å². The maximum absolute atomic E-state index is 11.0. The molecule has 2 nitrogen and oxygen atoms in total. The van der Waals surface area contributed by atoms with Gasteiger partial charge in [-0.1, -0.05) is 61.3 Å². The molecule has 0 aliphatic rings. The SMILES string of the molecule is C=CC(OC(C)=O)[Si](C)(C)c1ccccc1. The van der Waals surface area contributed by atoms with E-state index < -0.39 is 8.07 Å². The molecule has 1 rings (SSSR count). The fourth-order valence-corrected chi connectivity index (χ4v) is 4.13. The van der Waals surface area contributed by atoms with Crippen molar-refractivity contribution >= 4 is 19.2 Å². The highest BCUT2D eigenvalue weighted by atomic mass is 28.3. The summed E-state index contributed by atoms with van der Waals surface area (Å²) in [6.07, 6.45) is 1.74. The minimum Gasteiger partial charge on any atom is -0.462 e. The van der Waals surface area contributed by atoms with Gasteiger partial charge < -0.3 is 4.74 Å². The molecule has 0 saturated heterocycles. The van der Waals surface area contributed by atoms with Crippen LogP contribution in [-0.2, 0) is 9.53 Å². The summed E-state index contributed by atoms with van der Waals surface area (Å²) in [5.41, 5.74) is -0.174. The van der Waals surface area contributed by atoms with Gasteiger partial charge in [-0.15, -0.1) is 0 Å². The third-order valence-corrected chi connectivity index (χ3v) is 6.33. The van der Waals surface area contributed by atoms with Crippen LogP contribution >= 0.6 is 0 Å². The van der Waals surface area contributed by atoms with E-state index in [2.05, 4.69) is 31.8 Å². The van der Waals surface area contributed by atoms with E-state index in [4.69, 9.17) is 4.74 Å². The molecule has 0 amide bonds. The molecule has 3 heteroatoms. The number of carbonyl (C=O) groups excluding carboxylic acids is 1. The number of hydrogen-bond donors (Lipinski definition) is 0. The number of rotatable bonds is 4. The first-order valence-electron chi connectivity index (χ1n) is 5.33. The van der Waals surface area contributed by atoms with Gasteiger partial charge in [-0.05, 0) is 0 Å². The summed E-state index contributed by atoms with van der Waals surface area (Å²) in [7, 11) is -1.83. The van der Waals surface area contributed by atoms with Crippen molar-refractivity contribution < 1.29 is 9.53 Å². The summed E-state index contributed by atoms with van der Waals surface area (Å²) >= 11 is 0. The molecule has 1 aromatic rings. The minimum absolute atomic E-state index is 0.174. The van der Waals surface area contributed by atoms with Gasteiger partial charge in [0.2, 0.25) is 0 Å². The van der Waals surface area contributed by atoms with Crippen molar-refractivity contribution in [2.24, 2.45) is 0 Å². The molecule has 0 spiro atoms. The molecule has 1 aromatic carbocycles. The van der Waals surface area contributed by atoms with Crippen LogP contribution in [0, 0.1) is 0 Å². The summed E-state index contributed by atoms with van der Waals surface area (Å²) in [6, 6.07) is 10.2. The Morgan fingerprint density at radius 3 is 2.38 bits per heavy atom. The average Bonchev–Trinajstić information content (AvgIpc) is 2.26. The van der Waals surface area contributed by atoms with Crippen LogP contribution in [0.4, 0.5) is 0 Å². The van der Waals surface area contributed by atoms with E-state index in [0.717, 1.165) is 0 Å². The van der Waals surface area contributed by atoms with Crippen LogP contribution in [0.25, 0.3) is 0 Å². The van der Waals surface area contributed by atoms with E-state index in [1.165, 1.54) is 12.1 Å². The Morgan fingerprint density at radius 2 is 1.94 bits per heavy atom. The van der Waals surface area contributed by atoms with Crippen LogP contribution in [0.3, 0.4) is 0 Å². The molecule has 0 fully saturated rings. The quantitative estimate of drug-likeness (QED) is 0.454. The highest BCUT2D eigenvalue weighted by Gasteiger charge is 2.34. The second kappa shape index (κ2) is 5.12. The van der Waals surface area contributed by atoms with Gasteiger partial charge in [-0.2, -0.15) is 0 Å². The number of benzene rings is 1. The summed E-state index contributed by atoms with van der Waals surface area (Å²) in [5.74, 6) is -0.249. The van der Waals surface area contributed by atoms with Crippen molar-refractivity contribution in [3.63, 3.8) is 0 Å². The topological polar surface area (TPSA) is 26.3 Å². The highest BCUT2D eigenvalue weighted by Crippen LogP contribution is 2.13. The zero-order valence-corrected chi connectivity index (χ0v) is 11.1. The minimum atomic E-state index is -1.83. The molecule has 0 saturated carbocycles. The molecule has 16 heavy (non-hydrogen) atoms. The van der Waals surface area contributed by atoms with Crippen molar-refractivity contribution in [1.29, 1.82) is 0 Å². The molecular weight excluding hydrogens is 216 g/mol. The number of hydrogen-bond acceptors (Lipinski definition) is 2. The summed E-state index contributed by atoms with van der Waals surface area (Å²) in [5, 5.41) is 1.26. The zero-order valence-electron chi connectivity index (χ0n) is 10.1. The first-order chi connectivity index (χ1) is 7.48. The predicted molar refractivity (Wildman–Crippen MR) is 69.3 cm³/mol. The second-order valence-electron chi connectivity index (χ2n) is 4.35. The smallest absolute Gasteiger partial charge is 0.302 e. The van der Waals surface area contributed by atoms with Crippen LogP contribution < -0.4 is 5.19 Å². The molecular formula is C13H18O2Si. The zero-order chi connectivity index (χ0) is 12.2. The predicted octanol–water partition coefficient (Wildman–Crippen LogP) is 2.26. The molecule has 0 aliphatic carbocycles. The lowest BCUT2D eigenvalue weighted by molar-refractivity contribution is -0.141. The molecule has 0 heterocycles. The average molecular weight is 234 g/mol. The maximum Gasteiger partial charge on any atom is 0.302 e. The first kappa shape index (κ1) is 12.7. The second-order valence-corrected chi connectivity index (χ2v) is 8.94. The van der Waals surface area contributed by atoms with Crippen LogP contribution in [0.15, 0.2) is 43.0 Å². The van der Waals surface area contributed by atoms with E-state index in [0.29, 0.717) is 0 Å². The van der Waals surface area contributed by atoms with Crippen LogP contribution in [-0.4, -0.2) is 19.8 Å². The molecule has 1 unspecified atom stereocenters. The monoisotopic (exact) mass is 234 g/mol. The van der Waals surface area contributed by atoms with E-state index in [1.54, 1.807) is 6.08 Å². The molecule has 0 radical (unpaired) electrons. The number of esters is 1. The highest BCUT2D eigenvalue weighted by molar-refractivity contribution is 6.91. The van der Waals surface area contributed by atoms with Gasteiger partial charge in [0.1, 0.15) is 13.8 Å². The largest absolute Gasteiger partial charge is 0.462 e. The molecule has 0 N–H and O–H groups in total. The number of carbonyl (C=O) groups is 1. The fraction of sp³-hybridized carbons (Fsp3) is 0.308. The summed E-state index contributed by atoms with van der Waals surface area (Å²) < 4.78 is 5.32. The first-order valence-corrected chi connectivity index (χ1v) is 8.41. The normalized spacial score (nSPS) is 12.9. The summed E-state index contributed by atoms with van der Waals surface area (Å²) in [6.45, 7) is 9.56. The van der Waals surface area contributed by atoms with Crippen LogP contribution in [0.1, 0.15) is 6.92 Å². The maximum atomic E-state index is 11.0. The van der Waals surface area contributed by atoms with E-state index in [1.807, 2.05) is 18.2 Å². The number of ether oxygens (including phenoxy) is 1. The van der Waals surface area contributed by atoms with Gasteiger partial charge in [-0.3, -0.25) is 4.79 Å². The Hall–Kier alpha value is -1.35. The molecule has 0 aromatic heterocycles. The Balaban J connectivity index is 2.98. The van der Waals surface area contributed by atoms with Crippen molar-refractivity contribution in [2.45, 2.75) is 25.7 Å². The Morgan fingerprint density at radius 1 is 1.38 bits per heavy atom. The van der Waals surface area contributed by atoms with E-state index in [9.17, 15) is 4.79 Å². The van der Waals surface area contributed by atoms with Crippen molar-refractivity contribution in [3.05, 3.63) is 43.0 Å². The van der Waals surface area contributed by atoms with Gasteiger partial charge >= 0.3 is 5.97 Å². The molecule has 86 valence electrons. The van der Waals surface area contributed by atoms with Crippen molar-refractivity contribution in [2.75, 3.05) is 0 Å². The third-order valence-electron chi connectivity index (χ3n) is 2.74. The van der Waals surface area contributed by atoms with E-state index in [-0.39, 0.29) is 11.7 Å². The Kier molecular flexibility index (Phi) is 4.07. The Labute approximate surface area is 98.0 Å². The lowest BCUT2D eigenvalue weighted by Crippen LogP contribution is -2.53. The van der Waals surface area contributed by atoms with Crippen molar-refractivity contribution in [1.82, 2.24) is 0 Å². The lowest BCUT2D eigenvalue weighted by Gasteiger charge is -2.29.